The average Bonchev–Trinajstić information content (AvgIpc) is 2.93. The lowest BCUT2D eigenvalue weighted by atomic mass is 9.92. The van der Waals surface area contributed by atoms with Gasteiger partial charge >= 0.3 is 12.1 Å². The maximum atomic E-state index is 13.4. The summed E-state index contributed by atoms with van der Waals surface area (Å²) in [6.07, 6.45) is -2.41. The molecule has 6 nitrogen and oxygen atoms in total. The molecule has 0 saturated heterocycles. The van der Waals surface area contributed by atoms with Crippen LogP contribution in [0.3, 0.4) is 0 Å². The van der Waals surface area contributed by atoms with Crippen LogP contribution >= 0.6 is 11.6 Å². The first-order chi connectivity index (χ1) is 18.6. The third kappa shape index (κ3) is 7.44. The van der Waals surface area contributed by atoms with E-state index in [9.17, 15) is 22.8 Å². The number of methoxy groups -OCH3 is 1. The molecule has 0 aliphatic heterocycles. The summed E-state index contributed by atoms with van der Waals surface area (Å²) in [6, 6.07) is 16.7. The van der Waals surface area contributed by atoms with Gasteiger partial charge in [0.15, 0.2) is 0 Å². The van der Waals surface area contributed by atoms with Gasteiger partial charge in [0, 0.05) is 18.3 Å². The van der Waals surface area contributed by atoms with Crippen molar-refractivity contribution in [3.8, 4) is 5.75 Å². The molecule has 206 valence electrons. The molecule has 0 spiro atoms. The van der Waals surface area contributed by atoms with Crippen LogP contribution in [0, 0.1) is 0 Å². The monoisotopic (exact) mass is 560 g/mol. The molecular formula is C29H28ClF3N2O4. The number of esters is 1. The molecule has 0 bridgehead atoms. The van der Waals surface area contributed by atoms with E-state index in [0.29, 0.717) is 53.3 Å². The van der Waals surface area contributed by atoms with Crippen LogP contribution in [0.5, 0.6) is 5.75 Å². The summed E-state index contributed by atoms with van der Waals surface area (Å²) in [5, 5.41) is 6.32. The lowest BCUT2D eigenvalue weighted by Gasteiger charge is -2.30. The molecule has 2 N–H and O–H groups in total. The molecule has 1 amide bonds. The molecule has 0 atom stereocenters. The van der Waals surface area contributed by atoms with Crippen LogP contribution in [-0.4, -0.2) is 31.1 Å². The number of benzene rings is 3. The topological polar surface area (TPSA) is 76.7 Å². The molecule has 1 saturated carbocycles. The van der Waals surface area contributed by atoms with Crippen LogP contribution in [0.2, 0.25) is 5.02 Å². The predicted octanol–water partition coefficient (Wildman–Crippen LogP) is 6.88. The van der Waals surface area contributed by atoms with Gasteiger partial charge in [-0.3, -0.25) is 4.79 Å². The minimum absolute atomic E-state index is 0.0694. The van der Waals surface area contributed by atoms with E-state index in [-0.39, 0.29) is 30.2 Å². The maximum absolute atomic E-state index is 13.4. The molecule has 3 aromatic carbocycles. The second-order valence-corrected chi connectivity index (χ2v) is 9.71. The molecule has 1 aliphatic rings. The van der Waals surface area contributed by atoms with Crippen molar-refractivity contribution in [1.82, 2.24) is 5.32 Å². The number of anilines is 1. The number of alkyl halides is 3. The smallest absolute Gasteiger partial charge is 0.416 e. The van der Waals surface area contributed by atoms with E-state index in [4.69, 9.17) is 21.1 Å². The van der Waals surface area contributed by atoms with E-state index in [0.717, 1.165) is 12.1 Å². The Hall–Kier alpha value is -3.72. The van der Waals surface area contributed by atoms with Gasteiger partial charge in [0.05, 0.1) is 28.8 Å². The summed E-state index contributed by atoms with van der Waals surface area (Å²) in [6.45, 7) is 0.0694. The van der Waals surface area contributed by atoms with E-state index in [2.05, 4.69) is 10.6 Å². The van der Waals surface area contributed by atoms with Crippen LogP contribution in [0.15, 0.2) is 66.7 Å². The van der Waals surface area contributed by atoms with Crippen LogP contribution in [-0.2, 0) is 17.5 Å². The van der Waals surface area contributed by atoms with Crippen LogP contribution in [0.25, 0.3) is 0 Å². The lowest BCUT2D eigenvalue weighted by molar-refractivity contribution is -0.137. The van der Waals surface area contributed by atoms with Gasteiger partial charge < -0.3 is 20.1 Å². The Kier molecular flexibility index (Phi) is 9.01. The Morgan fingerprint density at radius 3 is 2.36 bits per heavy atom. The van der Waals surface area contributed by atoms with Crippen LogP contribution in [0.1, 0.15) is 57.5 Å². The first kappa shape index (κ1) is 28.3. The first-order valence-electron chi connectivity index (χ1n) is 12.5. The Morgan fingerprint density at radius 2 is 1.69 bits per heavy atom. The normalized spacial score (nSPS) is 17.3. The van der Waals surface area contributed by atoms with E-state index < -0.39 is 17.6 Å². The van der Waals surface area contributed by atoms with Gasteiger partial charge in [0.25, 0.3) is 5.91 Å². The zero-order valence-electron chi connectivity index (χ0n) is 21.2. The zero-order chi connectivity index (χ0) is 28.0. The third-order valence-electron chi connectivity index (χ3n) is 6.58. The Morgan fingerprint density at radius 1 is 0.974 bits per heavy atom. The fraction of sp³-hybridized carbons (Fsp3) is 0.310. The molecule has 0 heterocycles. The SMILES string of the molecule is COc1cc(CNC(=O)c2cc(C(F)(F)F)ccc2NC2CCC(OC(=O)c3ccccc3)CC2)ccc1Cl. The van der Waals surface area contributed by atoms with E-state index in [1.165, 1.54) is 13.2 Å². The minimum Gasteiger partial charge on any atom is -0.495 e. The fourth-order valence-electron chi connectivity index (χ4n) is 4.46. The fourth-order valence-corrected chi connectivity index (χ4v) is 4.66. The molecule has 1 aliphatic carbocycles. The highest BCUT2D eigenvalue weighted by molar-refractivity contribution is 6.32. The quantitative estimate of drug-likeness (QED) is 0.294. The van der Waals surface area contributed by atoms with Crippen molar-refractivity contribution in [3.05, 3.63) is 94.0 Å². The number of carbonyl (C=O) groups excluding carboxylic acids is 2. The van der Waals surface area contributed by atoms with Gasteiger partial charge in [0.2, 0.25) is 0 Å². The van der Waals surface area contributed by atoms with Crippen LogP contribution in [0.4, 0.5) is 18.9 Å². The van der Waals surface area contributed by atoms with E-state index in [1.807, 2.05) is 6.07 Å². The highest BCUT2D eigenvalue weighted by Gasteiger charge is 2.32. The highest BCUT2D eigenvalue weighted by Crippen LogP contribution is 2.33. The van der Waals surface area contributed by atoms with Gasteiger partial charge in [-0.2, -0.15) is 13.2 Å². The van der Waals surface area contributed by atoms with E-state index >= 15 is 0 Å². The Bertz CT molecular complexity index is 1310. The standard InChI is InChI=1S/C29H28ClF3N2O4/c1-38-26-15-18(7-13-24(26)30)17-34-27(36)23-16-20(29(31,32)33)8-14-25(23)35-21-9-11-22(12-10-21)39-28(37)19-5-3-2-4-6-19/h2-8,13-16,21-22,35H,9-12,17H2,1H3,(H,34,36). The van der Waals surface area contributed by atoms with Gasteiger partial charge in [-0.15, -0.1) is 0 Å². The predicted molar refractivity (Wildman–Crippen MR) is 142 cm³/mol. The number of hydrogen-bond acceptors (Lipinski definition) is 5. The van der Waals surface area contributed by atoms with Crippen molar-refractivity contribution >= 4 is 29.2 Å². The first-order valence-corrected chi connectivity index (χ1v) is 12.9. The summed E-state index contributed by atoms with van der Waals surface area (Å²) in [5.41, 5.74) is 0.440. The number of ether oxygens (including phenoxy) is 2. The van der Waals surface area contributed by atoms with Crippen molar-refractivity contribution in [2.45, 2.75) is 50.6 Å². The molecule has 0 radical (unpaired) electrons. The number of halogens is 4. The number of rotatable bonds is 8. The number of nitrogens with one attached hydrogen (secondary N) is 2. The van der Waals surface area contributed by atoms with Crippen molar-refractivity contribution in [1.29, 1.82) is 0 Å². The molecule has 0 unspecified atom stereocenters. The molecule has 0 aromatic heterocycles. The third-order valence-corrected chi connectivity index (χ3v) is 6.89. The van der Waals surface area contributed by atoms with Gasteiger partial charge in [-0.25, -0.2) is 4.79 Å². The van der Waals surface area contributed by atoms with Crippen molar-refractivity contribution in [2.24, 2.45) is 0 Å². The Labute approximate surface area is 229 Å². The molecule has 10 heteroatoms. The molecule has 4 rings (SSSR count). The zero-order valence-corrected chi connectivity index (χ0v) is 21.9. The lowest BCUT2D eigenvalue weighted by Crippen LogP contribution is -2.32. The van der Waals surface area contributed by atoms with Gasteiger partial charge in [-0.1, -0.05) is 35.9 Å². The van der Waals surface area contributed by atoms with Crippen molar-refractivity contribution in [3.63, 3.8) is 0 Å². The summed E-state index contributed by atoms with van der Waals surface area (Å²) < 4.78 is 51.1. The number of amides is 1. The number of hydrogen-bond donors (Lipinski definition) is 2. The summed E-state index contributed by atoms with van der Waals surface area (Å²) >= 11 is 6.04. The minimum atomic E-state index is -4.60. The van der Waals surface area contributed by atoms with Crippen molar-refractivity contribution < 1.29 is 32.2 Å². The molecule has 1 fully saturated rings. The second-order valence-electron chi connectivity index (χ2n) is 9.30. The summed E-state index contributed by atoms with van der Waals surface area (Å²) in [7, 11) is 1.46. The summed E-state index contributed by atoms with van der Waals surface area (Å²) in [5.74, 6) is -0.607. The molecule has 39 heavy (non-hydrogen) atoms. The van der Waals surface area contributed by atoms with Gasteiger partial charge in [0.1, 0.15) is 11.9 Å². The summed E-state index contributed by atoms with van der Waals surface area (Å²) in [4.78, 5) is 25.4. The van der Waals surface area contributed by atoms with Crippen molar-refractivity contribution in [2.75, 3.05) is 12.4 Å². The number of carbonyl (C=O) groups is 2. The highest BCUT2D eigenvalue weighted by atomic mass is 35.5. The van der Waals surface area contributed by atoms with Crippen LogP contribution < -0.4 is 15.4 Å². The second kappa shape index (κ2) is 12.4. The van der Waals surface area contributed by atoms with Gasteiger partial charge in [-0.05, 0) is 73.7 Å². The maximum Gasteiger partial charge on any atom is 0.416 e. The molecular weight excluding hydrogens is 533 g/mol. The Balaban J connectivity index is 1.42. The largest absolute Gasteiger partial charge is 0.495 e. The molecule has 3 aromatic rings. The average molecular weight is 561 g/mol. The van der Waals surface area contributed by atoms with E-state index in [1.54, 1.807) is 42.5 Å².